The quantitative estimate of drug-likeness (QED) is 0.419. The second-order valence-corrected chi connectivity index (χ2v) is 9.30. The van der Waals surface area contributed by atoms with Crippen LogP contribution in [0.5, 0.6) is 11.5 Å². The zero-order chi connectivity index (χ0) is 25.7. The molecule has 2 aliphatic rings. The van der Waals surface area contributed by atoms with Crippen LogP contribution in [0.3, 0.4) is 0 Å². The number of rotatable bonds is 4. The number of hydrogen-bond donors (Lipinski definition) is 1. The van der Waals surface area contributed by atoms with E-state index in [0.717, 1.165) is 45.1 Å². The molecule has 190 valence electrons. The number of aromatic hydroxyl groups is 1. The molecule has 13 heteroatoms. The van der Waals surface area contributed by atoms with Crippen molar-refractivity contribution in [3.05, 3.63) is 30.4 Å². The molecule has 2 fully saturated rings. The maximum atomic E-state index is 12.9. The number of phenolic OH excluding ortho intramolecular Hbond substituents is 1. The Morgan fingerprint density at radius 1 is 1.14 bits per heavy atom. The second-order valence-electron chi connectivity index (χ2n) is 9.30. The fourth-order valence-electron chi connectivity index (χ4n) is 4.58. The highest BCUT2D eigenvalue weighted by Gasteiger charge is 2.45. The van der Waals surface area contributed by atoms with Crippen LogP contribution in [0.4, 0.5) is 19.1 Å². The summed E-state index contributed by atoms with van der Waals surface area (Å²) >= 11 is 0. The van der Waals surface area contributed by atoms with Gasteiger partial charge in [-0.15, -0.1) is 10.2 Å². The second kappa shape index (κ2) is 8.73. The summed E-state index contributed by atoms with van der Waals surface area (Å²) in [5.41, 5.74) is 0.0784. The minimum atomic E-state index is -5.25. The Balaban J connectivity index is 1.43. The molecule has 0 amide bonds. The first-order valence-electron chi connectivity index (χ1n) is 11.3. The van der Waals surface area contributed by atoms with Crippen LogP contribution in [-0.4, -0.2) is 75.5 Å². The van der Waals surface area contributed by atoms with Gasteiger partial charge >= 0.3 is 12.1 Å². The number of alkyl halides is 3. The number of halogens is 3. The van der Waals surface area contributed by atoms with Crippen molar-refractivity contribution >= 4 is 11.9 Å². The van der Waals surface area contributed by atoms with E-state index < -0.39 is 23.6 Å². The number of benzene rings is 1. The Kier molecular flexibility index (Phi) is 5.81. The molecule has 4 heterocycles. The van der Waals surface area contributed by atoms with Gasteiger partial charge in [-0.1, -0.05) is 0 Å². The lowest BCUT2D eigenvalue weighted by Crippen LogP contribution is -2.60. The third kappa shape index (κ3) is 4.57. The number of piperidine rings is 1. The number of oxazole rings is 1. The minimum Gasteiger partial charge on any atom is -0.507 e. The predicted molar refractivity (Wildman–Crippen MR) is 120 cm³/mol. The summed E-state index contributed by atoms with van der Waals surface area (Å²) in [6.45, 7) is 5.25. The number of anilines is 1. The van der Waals surface area contributed by atoms with E-state index in [2.05, 4.69) is 36.8 Å². The fourth-order valence-corrected chi connectivity index (χ4v) is 4.58. The molecular weight excluding hydrogens is 481 g/mol. The Morgan fingerprint density at radius 3 is 2.44 bits per heavy atom. The number of likely N-dealkylation sites (tertiary alicyclic amines) is 1. The normalized spacial score (nSPS) is 17.8. The molecule has 3 aromatic rings. The van der Waals surface area contributed by atoms with Crippen LogP contribution in [0.2, 0.25) is 0 Å². The number of ether oxygens (including phenoxy) is 1. The van der Waals surface area contributed by atoms with Gasteiger partial charge in [-0.25, -0.2) is 14.8 Å². The molecule has 1 N–H and O–H groups in total. The molecule has 36 heavy (non-hydrogen) atoms. The van der Waals surface area contributed by atoms with E-state index in [1.807, 2.05) is 4.90 Å². The lowest BCUT2D eigenvalue weighted by Gasteiger charge is -2.53. The number of carbonyl (C=O) groups excluding carboxylic acids is 1. The molecule has 5 rings (SSSR count). The van der Waals surface area contributed by atoms with E-state index in [1.54, 1.807) is 6.92 Å². The standard InChI is InChI=1S/C23H23F3N6O4/c1-13-27-10-18(35-13)14-7-16(33)19(17(8-14)36-20(34)23(24,25)26)15-9-28-21(30-29-15)32-11-22(12-32)3-5-31(2)6-4-22/h7-10,33H,3-6,11-12H2,1-2H3. The lowest BCUT2D eigenvalue weighted by atomic mass is 9.72. The average molecular weight is 504 g/mol. The van der Waals surface area contributed by atoms with Crippen molar-refractivity contribution in [2.24, 2.45) is 5.41 Å². The molecule has 2 aliphatic heterocycles. The summed E-state index contributed by atoms with van der Waals surface area (Å²) in [4.78, 5) is 24.1. The van der Waals surface area contributed by atoms with Crippen molar-refractivity contribution in [3.8, 4) is 34.1 Å². The molecule has 0 aliphatic carbocycles. The molecule has 1 spiro atoms. The largest absolute Gasteiger partial charge is 0.507 e. The molecule has 0 bridgehead atoms. The van der Waals surface area contributed by atoms with E-state index in [4.69, 9.17) is 4.42 Å². The summed E-state index contributed by atoms with van der Waals surface area (Å²) in [6, 6.07) is 2.38. The first-order valence-corrected chi connectivity index (χ1v) is 11.3. The van der Waals surface area contributed by atoms with E-state index in [1.165, 1.54) is 18.5 Å². The number of hydrogen-bond acceptors (Lipinski definition) is 10. The monoisotopic (exact) mass is 504 g/mol. The summed E-state index contributed by atoms with van der Waals surface area (Å²) in [5, 5.41) is 18.9. The molecule has 0 radical (unpaired) electrons. The van der Waals surface area contributed by atoms with Gasteiger partial charge in [0.15, 0.2) is 11.7 Å². The van der Waals surface area contributed by atoms with Crippen LogP contribution < -0.4 is 9.64 Å². The van der Waals surface area contributed by atoms with Crippen LogP contribution in [0.1, 0.15) is 18.7 Å². The summed E-state index contributed by atoms with van der Waals surface area (Å²) in [5.74, 6) is -2.66. The SMILES string of the molecule is Cc1ncc(-c2cc(O)c(-c3cnc(N4CC5(CCN(C)CC5)C4)nn3)c(OC(=O)C(F)(F)F)c2)o1. The third-order valence-electron chi connectivity index (χ3n) is 6.61. The van der Waals surface area contributed by atoms with Gasteiger partial charge in [0, 0.05) is 31.0 Å². The van der Waals surface area contributed by atoms with Crippen molar-refractivity contribution < 1.29 is 32.2 Å². The van der Waals surface area contributed by atoms with Crippen molar-refractivity contribution in [2.75, 3.05) is 38.1 Å². The summed E-state index contributed by atoms with van der Waals surface area (Å²) in [6.07, 6.45) is -0.463. The Hall–Kier alpha value is -3.74. The maximum absolute atomic E-state index is 12.9. The highest BCUT2D eigenvalue weighted by atomic mass is 19.4. The van der Waals surface area contributed by atoms with Gasteiger partial charge in [-0.3, -0.25) is 0 Å². The van der Waals surface area contributed by atoms with Crippen LogP contribution in [0, 0.1) is 12.3 Å². The number of aryl methyl sites for hydroxylation is 1. The van der Waals surface area contributed by atoms with E-state index in [-0.39, 0.29) is 28.0 Å². The van der Waals surface area contributed by atoms with Gasteiger partial charge in [-0.2, -0.15) is 13.2 Å². The van der Waals surface area contributed by atoms with Crippen LogP contribution >= 0.6 is 0 Å². The first kappa shape index (κ1) is 24.0. The molecule has 10 nitrogen and oxygen atoms in total. The molecule has 0 atom stereocenters. The van der Waals surface area contributed by atoms with Crippen molar-refractivity contribution in [1.29, 1.82) is 0 Å². The van der Waals surface area contributed by atoms with Gasteiger partial charge in [-0.05, 0) is 45.1 Å². The third-order valence-corrected chi connectivity index (χ3v) is 6.61. The zero-order valence-electron chi connectivity index (χ0n) is 19.5. The van der Waals surface area contributed by atoms with Crippen LogP contribution in [0.15, 0.2) is 28.9 Å². The Bertz CT molecular complexity index is 1280. The molecule has 2 saturated heterocycles. The van der Waals surface area contributed by atoms with E-state index >= 15 is 0 Å². The lowest BCUT2D eigenvalue weighted by molar-refractivity contribution is -0.189. The van der Waals surface area contributed by atoms with Gasteiger partial charge in [0.25, 0.3) is 0 Å². The van der Waals surface area contributed by atoms with Gasteiger partial charge in [0.1, 0.15) is 17.2 Å². The molecule has 1 aromatic carbocycles. The fraction of sp³-hybridized carbons (Fsp3) is 0.435. The number of phenols is 1. The van der Waals surface area contributed by atoms with Crippen molar-refractivity contribution in [1.82, 2.24) is 25.1 Å². The smallest absolute Gasteiger partial charge is 0.491 e. The van der Waals surface area contributed by atoms with Crippen molar-refractivity contribution in [3.63, 3.8) is 0 Å². The topological polar surface area (TPSA) is 118 Å². The number of carbonyl (C=O) groups is 1. The molecule has 2 aromatic heterocycles. The summed E-state index contributed by atoms with van der Waals surface area (Å²) in [7, 11) is 2.10. The van der Waals surface area contributed by atoms with Crippen molar-refractivity contribution in [2.45, 2.75) is 25.9 Å². The summed E-state index contributed by atoms with van der Waals surface area (Å²) < 4.78 is 48.8. The molecule has 0 unspecified atom stereocenters. The van der Waals surface area contributed by atoms with Gasteiger partial charge in [0.05, 0.1) is 18.0 Å². The number of nitrogens with zero attached hydrogens (tertiary/aromatic N) is 6. The molecular formula is C23H23F3N6O4. The van der Waals surface area contributed by atoms with Gasteiger partial charge < -0.3 is 24.1 Å². The van der Waals surface area contributed by atoms with Crippen LogP contribution in [0.25, 0.3) is 22.6 Å². The Morgan fingerprint density at radius 2 is 1.86 bits per heavy atom. The minimum absolute atomic E-state index is 0.0592. The Labute approximate surface area is 203 Å². The number of aromatic nitrogens is 4. The highest BCUT2D eigenvalue weighted by molar-refractivity contribution is 5.84. The average Bonchev–Trinajstić information content (AvgIpc) is 3.24. The van der Waals surface area contributed by atoms with E-state index in [0.29, 0.717) is 11.8 Å². The zero-order valence-corrected chi connectivity index (χ0v) is 19.5. The van der Waals surface area contributed by atoms with Gasteiger partial charge in [0.2, 0.25) is 5.95 Å². The first-order chi connectivity index (χ1) is 17.0. The predicted octanol–water partition coefficient (Wildman–Crippen LogP) is 3.21. The number of esters is 1. The highest BCUT2D eigenvalue weighted by Crippen LogP contribution is 2.43. The molecule has 0 saturated carbocycles. The maximum Gasteiger partial charge on any atom is 0.491 e. The van der Waals surface area contributed by atoms with Crippen LogP contribution in [-0.2, 0) is 4.79 Å². The van der Waals surface area contributed by atoms with E-state index in [9.17, 15) is 23.1 Å².